The van der Waals surface area contributed by atoms with Gasteiger partial charge >= 0.3 is 6.18 Å². The molecule has 1 aromatic rings. The van der Waals surface area contributed by atoms with Crippen LogP contribution in [0.2, 0.25) is 0 Å². The van der Waals surface area contributed by atoms with Crippen LogP contribution in [0.5, 0.6) is 0 Å². The standard InChI is InChI=1S/C7H6F3N.C4H9NO2S/c8-7(9,10)5-2-1-3-6(11)4-5;6-8(7)3-1-5-2-4-8/h1-4H,11H2;5H,1-4H2. The molecule has 1 saturated heterocycles. The van der Waals surface area contributed by atoms with E-state index in [1.807, 2.05) is 0 Å². The molecule has 19 heavy (non-hydrogen) atoms. The maximum atomic E-state index is 11.9. The summed E-state index contributed by atoms with van der Waals surface area (Å²) in [6.45, 7) is 1.25. The zero-order valence-electron chi connectivity index (χ0n) is 10.1. The van der Waals surface area contributed by atoms with Gasteiger partial charge in [0.15, 0.2) is 9.84 Å². The average Bonchev–Trinajstić information content (AvgIpc) is 2.28. The second-order valence-corrected chi connectivity index (χ2v) is 6.33. The number of rotatable bonds is 0. The maximum Gasteiger partial charge on any atom is 0.416 e. The minimum absolute atomic E-state index is 0.125. The van der Waals surface area contributed by atoms with Gasteiger partial charge in [-0.3, -0.25) is 0 Å². The average molecular weight is 296 g/mol. The highest BCUT2D eigenvalue weighted by molar-refractivity contribution is 7.91. The van der Waals surface area contributed by atoms with Crippen molar-refractivity contribution in [1.29, 1.82) is 0 Å². The van der Waals surface area contributed by atoms with Gasteiger partial charge in [0.25, 0.3) is 0 Å². The summed E-state index contributed by atoms with van der Waals surface area (Å²) in [4.78, 5) is 0. The van der Waals surface area contributed by atoms with Gasteiger partial charge < -0.3 is 11.1 Å². The summed E-state index contributed by atoms with van der Waals surface area (Å²) in [5, 5.41) is 2.96. The molecule has 1 fully saturated rings. The first-order valence-corrected chi connectivity index (χ1v) is 7.37. The number of benzene rings is 1. The lowest BCUT2D eigenvalue weighted by atomic mass is 10.2. The van der Waals surface area contributed by atoms with Crippen LogP contribution in [0.3, 0.4) is 0 Å². The molecule has 2 rings (SSSR count). The number of anilines is 1. The highest BCUT2D eigenvalue weighted by atomic mass is 32.2. The van der Waals surface area contributed by atoms with Gasteiger partial charge in [0, 0.05) is 18.8 Å². The van der Waals surface area contributed by atoms with Crippen LogP contribution in [0, 0.1) is 0 Å². The lowest BCUT2D eigenvalue weighted by Gasteiger charge is -2.10. The lowest BCUT2D eigenvalue weighted by molar-refractivity contribution is -0.137. The highest BCUT2D eigenvalue weighted by Crippen LogP contribution is 2.29. The minimum Gasteiger partial charge on any atom is -0.399 e. The highest BCUT2D eigenvalue weighted by Gasteiger charge is 2.30. The van der Waals surface area contributed by atoms with Crippen LogP contribution in [-0.4, -0.2) is 33.0 Å². The molecule has 0 aliphatic carbocycles. The van der Waals surface area contributed by atoms with Gasteiger partial charge in [-0.25, -0.2) is 8.42 Å². The van der Waals surface area contributed by atoms with E-state index >= 15 is 0 Å². The summed E-state index contributed by atoms with van der Waals surface area (Å²) in [5.41, 5.74) is 4.57. The minimum atomic E-state index is -4.30. The number of sulfone groups is 1. The number of alkyl halides is 3. The monoisotopic (exact) mass is 296 g/mol. The number of hydrogen-bond acceptors (Lipinski definition) is 4. The van der Waals surface area contributed by atoms with Crippen molar-refractivity contribution in [2.45, 2.75) is 6.18 Å². The molecule has 0 amide bonds. The van der Waals surface area contributed by atoms with Crippen molar-refractivity contribution in [1.82, 2.24) is 5.32 Å². The Balaban J connectivity index is 0.000000200. The van der Waals surface area contributed by atoms with E-state index in [1.54, 1.807) is 0 Å². The first-order chi connectivity index (χ1) is 8.71. The third-order valence-corrected chi connectivity index (χ3v) is 4.05. The lowest BCUT2D eigenvalue weighted by Crippen LogP contribution is -2.35. The second-order valence-electron chi connectivity index (χ2n) is 4.03. The summed E-state index contributed by atoms with van der Waals surface area (Å²) in [7, 11) is -2.65. The van der Waals surface area contributed by atoms with Crippen molar-refractivity contribution in [3.05, 3.63) is 29.8 Å². The molecule has 0 atom stereocenters. The molecule has 3 N–H and O–H groups in total. The van der Waals surface area contributed by atoms with Crippen molar-refractivity contribution in [3.8, 4) is 0 Å². The third kappa shape index (κ3) is 5.93. The van der Waals surface area contributed by atoms with Crippen molar-refractivity contribution >= 4 is 15.5 Å². The first kappa shape index (κ1) is 15.8. The molecule has 1 aliphatic heterocycles. The predicted octanol–water partition coefficient (Wildman–Crippen LogP) is 1.29. The van der Waals surface area contributed by atoms with E-state index in [0.717, 1.165) is 12.1 Å². The van der Waals surface area contributed by atoms with Crippen molar-refractivity contribution in [3.63, 3.8) is 0 Å². The Hall–Kier alpha value is -1.28. The fourth-order valence-electron chi connectivity index (χ4n) is 1.40. The van der Waals surface area contributed by atoms with E-state index in [0.29, 0.717) is 24.6 Å². The van der Waals surface area contributed by atoms with E-state index in [2.05, 4.69) is 5.32 Å². The number of nitrogens with one attached hydrogen (secondary N) is 1. The van der Waals surface area contributed by atoms with Crippen LogP contribution >= 0.6 is 0 Å². The summed E-state index contributed by atoms with van der Waals surface area (Å²) in [6, 6.07) is 4.57. The molecule has 1 aliphatic rings. The number of halogens is 3. The molecule has 108 valence electrons. The molecule has 0 unspecified atom stereocenters. The molecule has 0 radical (unpaired) electrons. The van der Waals surface area contributed by atoms with Gasteiger partial charge in [0.2, 0.25) is 0 Å². The molecule has 0 bridgehead atoms. The van der Waals surface area contributed by atoms with Crippen LogP contribution in [0.4, 0.5) is 18.9 Å². The smallest absolute Gasteiger partial charge is 0.399 e. The predicted molar refractivity (Wildman–Crippen MR) is 67.4 cm³/mol. The van der Waals surface area contributed by atoms with E-state index in [-0.39, 0.29) is 5.69 Å². The number of hydrogen-bond donors (Lipinski definition) is 2. The number of nitrogens with two attached hydrogens (primary N) is 1. The Bertz CT molecular complexity index is 503. The summed E-state index contributed by atoms with van der Waals surface area (Å²) >= 11 is 0. The molecular weight excluding hydrogens is 281 g/mol. The molecule has 1 aromatic carbocycles. The summed E-state index contributed by atoms with van der Waals surface area (Å²) < 4.78 is 57.0. The van der Waals surface area contributed by atoms with E-state index in [4.69, 9.17) is 5.73 Å². The zero-order valence-corrected chi connectivity index (χ0v) is 10.9. The quantitative estimate of drug-likeness (QED) is 0.708. The van der Waals surface area contributed by atoms with Crippen molar-refractivity contribution in [2.75, 3.05) is 30.3 Å². The second kappa shape index (κ2) is 6.25. The molecule has 8 heteroatoms. The van der Waals surface area contributed by atoms with Gasteiger partial charge in [0.1, 0.15) is 0 Å². The fourth-order valence-corrected chi connectivity index (χ4v) is 2.51. The molecule has 0 spiro atoms. The zero-order chi connectivity index (χ0) is 14.5. The van der Waals surface area contributed by atoms with E-state index < -0.39 is 21.6 Å². The Labute approximate surface area is 109 Å². The normalized spacial score (nSPS) is 18.3. The van der Waals surface area contributed by atoms with Gasteiger partial charge in [-0.05, 0) is 18.2 Å². The van der Waals surface area contributed by atoms with Crippen LogP contribution in [0.15, 0.2) is 24.3 Å². The topological polar surface area (TPSA) is 72.2 Å². The van der Waals surface area contributed by atoms with Crippen molar-refractivity contribution < 1.29 is 21.6 Å². The molecule has 0 saturated carbocycles. The maximum absolute atomic E-state index is 11.9. The molecule has 0 aromatic heterocycles. The van der Waals surface area contributed by atoms with Crippen LogP contribution in [0.1, 0.15) is 5.56 Å². The Kier molecular flexibility index (Phi) is 5.19. The Morgan fingerprint density at radius 1 is 1.16 bits per heavy atom. The summed E-state index contributed by atoms with van der Waals surface area (Å²) in [6.07, 6.45) is -4.30. The SMILES string of the molecule is Nc1cccc(C(F)(F)F)c1.O=S1(=O)CCNCC1. The molecule has 4 nitrogen and oxygen atoms in total. The van der Waals surface area contributed by atoms with Crippen LogP contribution in [-0.2, 0) is 16.0 Å². The number of nitrogen functional groups attached to an aromatic ring is 1. The summed E-state index contributed by atoms with van der Waals surface area (Å²) in [5.74, 6) is 0.625. The van der Waals surface area contributed by atoms with Crippen LogP contribution < -0.4 is 11.1 Å². The molecule has 1 heterocycles. The van der Waals surface area contributed by atoms with E-state index in [9.17, 15) is 21.6 Å². The van der Waals surface area contributed by atoms with Crippen LogP contribution in [0.25, 0.3) is 0 Å². The third-order valence-electron chi connectivity index (χ3n) is 2.39. The Morgan fingerprint density at radius 2 is 1.74 bits per heavy atom. The Morgan fingerprint density at radius 3 is 2.05 bits per heavy atom. The fraction of sp³-hybridized carbons (Fsp3) is 0.455. The molecular formula is C11H15F3N2O2S. The van der Waals surface area contributed by atoms with Gasteiger partial charge in [0.05, 0.1) is 17.1 Å². The first-order valence-electron chi connectivity index (χ1n) is 5.54. The van der Waals surface area contributed by atoms with E-state index in [1.165, 1.54) is 12.1 Å². The van der Waals surface area contributed by atoms with Gasteiger partial charge in [-0.2, -0.15) is 13.2 Å². The van der Waals surface area contributed by atoms with Crippen molar-refractivity contribution in [2.24, 2.45) is 0 Å². The van der Waals surface area contributed by atoms with Gasteiger partial charge in [-0.1, -0.05) is 6.07 Å². The van der Waals surface area contributed by atoms with Gasteiger partial charge in [-0.15, -0.1) is 0 Å². The largest absolute Gasteiger partial charge is 0.416 e.